The van der Waals surface area contributed by atoms with Crippen molar-refractivity contribution < 1.29 is 9.53 Å². The molecule has 0 radical (unpaired) electrons. The third kappa shape index (κ3) is 5.30. The topological polar surface area (TPSA) is 64.3 Å². The van der Waals surface area contributed by atoms with Gasteiger partial charge in [0.05, 0.1) is 18.7 Å². The molecule has 1 amide bonds. The van der Waals surface area contributed by atoms with Crippen LogP contribution in [0.5, 0.6) is 5.75 Å². The zero-order valence-electron chi connectivity index (χ0n) is 12.1. The maximum absolute atomic E-state index is 11.5. The standard InChI is InChI=1S/C15H24N2O2/c1-10(2)9-19-14-7-5-13(6-8-14)12(4)17-15(18)11(3)16/h5-8,10-12H,9,16H2,1-4H3,(H,17,18)/t11-,12?/m1/s1. The average molecular weight is 264 g/mol. The number of carbonyl (C=O) groups excluding carboxylic acids is 1. The Morgan fingerprint density at radius 1 is 1.21 bits per heavy atom. The average Bonchev–Trinajstić information content (AvgIpc) is 2.36. The number of ether oxygens (including phenoxy) is 1. The number of amides is 1. The molecule has 4 heteroatoms. The number of rotatable bonds is 6. The van der Waals surface area contributed by atoms with Crippen molar-refractivity contribution >= 4 is 5.91 Å². The molecule has 4 nitrogen and oxygen atoms in total. The molecule has 0 bridgehead atoms. The van der Waals surface area contributed by atoms with Crippen molar-refractivity contribution in [3.63, 3.8) is 0 Å². The van der Waals surface area contributed by atoms with E-state index >= 15 is 0 Å². The fourth-order valence-electron chi connectivity index (χ4n) is 1.54. The van der Waals surface area contributed by atoms with Crippen LogP contribution in [0.1, 0.15) is 39.3 Å². The lowest BCUT2D eigenvalue weighted by atomic mass is 10.1. The van der Waals surface area contributed by atoms with Crippen molar-refractivity contribution in [2.75, 3.05) is 6.61 Å². The van der Waals surface area contributed by atoms with Gasteiger partial charge in [0, 0.05) is 0 Å². The van der Waals surface area contributed by atoms with Gasteiger partial charge in [0.15, 0.2) is 0 Å². The Bertz CT molecular complexity index is 399. The van der Waals surface area contributed by atoms with Crippen LogP contribution in [-0.4, -0.2) is 18.6 Å². The molecule has 1 aromatic rings. The molecular weight excluding hydrogens is 240 g/mol. The van der Waals surface area contributed by atoms with Crippen LogP contribution in [0.4, 0.5) is 0 Å². The van der Waals surface area contributed by atoms with Crippen molar-refractivity contribution in [1.29, 1.82) is 0 Å². The summed E-state index contributed by atoms with van der Waals surface area (Å²) < 4.78 is 5.61. The molecule has 0 aliphatic heterocycles. The first-order chi connectivity index (χ1) is 8.90. The van der Waals surface area contributed by atoms with Gasteiger partial charge in [-0.05, 0) is 37.5 Å². The lowest BCUT2D eigenvalue weighted by molar-refractivity contribution is -0.122. The summed E-state index contributed by atoms with van der Waals surface area (Å²) in [6, 6.07) is 7.22. The summed E-state index contributed by atoms with van der Waals surface area (Å²) in [6.45, 7) is 8.53. The number of nitrogens with one attached hydrogen (secondary N) is 1. The van der Waals surface area contributed by atoms with Crippen LogP contribution in [0.15, 0.2) is 24.3 Å². The molecular formula is C15H24N2O2. The number of nitrogens with two attached hydrogens (primary N) is 1. The minimum Gasteiger partial charge on any atom is -0.493 e. The predicted octanol–water partition coefficient (Wildman–Crippen LogP) is 2.25. The van der Waals surface area contributed by atoms with Crippen molar-refractivity contribution in [2.45, 2.75) is 39.8 Å². The molecule has 0 aliphatic carbocycles. The number of benzene rings is 1. The molecule has 1 unspecified atom stereocenters. The van der Waals surface area contributed by atoms with Crippen LogP contribution >= 0.6 is 0 Å². The molecule has 0 spiro atoms. The van der Waals surface area contributed by atoms with Crippen molar-refractivity contribution in [3.8, 4) is 5.75 Å². The Hall–Kier alpha value is -1.55. The van der Waals surface area contributed by atoms with Gasteiger partial charge in [-0.3, -0.25) is 4.79 Å². The van der Waals surface area contributed by atoms with Gasteiger partial charge in [-0.25, -0.2) is 0 Å². The van der Waals surface area contributed by atoms with Crippen LogP contribution in [0, 0.1) is 5.92 Å². The zero-order valence-corrected chi connectivity index (χ0v) is 12.1. The number of hydrogen-bond acceptors (Lipinski definition) is 3. The third-order valence-electron chi connectivity index (χ3n) is 2.74. The highest BCUT2D eigenvalue weighted by molar-refractivity contribution is 5.81. The summed E-state index contributed by atoms with van der Waals surface area (Å²) in [6.07, 6.45) is 0. The van der Waals surface area contributed by atoms with Crippen molar-refractivity contribution in [3.05, 3.63) is 29.8 Å². The van der Waals surface area contributed by atoms with E-state index in [0.717, 1.165) is 11.3 Å². The van der Waals surface area contributed by atoms with Crippen LogP contribution in [-0.2, 0) is 4.79 Å². The Kier molecular flexibility index (Phi) is 5.83. The monoisotopic (exact) mass is 264 g/mol. The summed E-state index contributed by atoms with van der Waals surface area (Å²) in [5, 5.41) is 2.86. The van der Waals surface area contributed by atoms with E-state index in [1.807, 2.05) is 31.2 Å². The molecule has 0 saturated carbocycles. The fraction of sp³-hybridized carbons (Fsp3) is 0.533. The summed E-state index contributed by atoms with van der Waals surface area (Å²) in [4.78, 5) is 11.5. The van der Waals surface area contributed by atoms with Gasteiger partial charge >= 0.3 is 0 Å². The normalized spacial score (nSPS) is 14.0. The highest BCUT2D eigenvalue weighted by Gasteiger charge is 2.12. The zero-order chi connectivity index (χ0) is 14.4. The van der Waals surface area contributed by atoms with Gasteiger partial charge in [-0.1, -0.05) is 26.0 Å². The first kappa shape index (κ1) is 15.5. The van der Waals surface area contributed by atoms with E-state index in [9.17, 15) is 4.79 Å². The minimum atomic E-state index is -0.490. The van der Waals surface area contributed by atoms with E-state index in [4.69, 9.17) is 10.5 Å². The van der Waals surface area contributed by atoms with E-state index < -0.39 is 6.04 Å². The maximum atomic E-state index is 11.5. The molecule has 19 heavy (non-hydrogen) atoms. The highest BCUT2D eigenvalue weighted by atomic mass is 16.5. The molecule has 1 aromatic carbocycles. The van der Waals surface area contributed by atoms with Crippen molar-refractivity contribution in [2.24, 2.45) is 11.7 Å². The van der Waals surface area contributed by atoms with E-state index in [0.29, 0.717) is 12.5 Å². The lowest BCUT2D eigenvalue weighted by Crippen LogP contribution is -2.39. The lowest BCUT2D eigenvalue weighted by Gasteiger charge is -2.16. The summed E-state index contributed by atoms with van der Waals surface area (Å²) in [7, 11) is 0. The minimum absolute atomic E-state index is 0.0577. The molecule has 0 heterocycles. The van der Waals surface area contributed by atoms with Crippen LogP contribution in [0.3, 0.4) is 0 Å². The van der Waals surface area contributed by atoms with Gasteiger partial charge in [-0.2, -0.15) is 0 Å². The van der Waals surface area contributed by atoms with Gasteiger partial charge in [-0.15, -0.1) is 0 Å². The highest BCUT2D eigenvalue weighted by Crippen LogP contribution is 2.18. The van der Waals surface area contributed by atoms with Crippen molar-refractivity contribution in [1.82, 2.24) is 5.32 Å². The van der Waals surface area contributed by atoms with Crippen LogP contribution in [0.25, 0.3) is 0 Å². The summed E-state index contributed by atoms with van der Waals surface area (Å²) in [5.41, 5.74) is 6.56. The second-order valence-corrected chi connectivity index (χ2v) is 5.29. The first-order valence-electron chi connectivity index (χ1n) is 6.69. The molecule has 0 aromatic heterocycles. The molecule has 2 atom stereocenters. The van der Waals surface area contributed by atoms with Gasteiger partial charge in [0.1, 0.15) is 5.75 Å². The Labute approximate surface area is 115 Å². The molecule has 106 valence electrons. The molecule has 0 aliphatic rings. The molecule has 1 rings (SSSR count). The van der Waals surface area contributed by atoms with Crippen LogP contribution in [0.2, 0.25) is 0 Å². The second kappa shape index (κ2) is 7.14. The van der Waals surface area contributed by atoms with Gasteiger partial charge in [0.2, 0.25) is 5.91 Å². The molecule has 3 N–H and O–H groups in total. The fourth-order valence-corrected chi connectivity index (χ4v) is 1.54. The Balaban J connectivity index is 2.57. The maximum Gasteiger partial charge on any atom is 0.237 e. The van der Waals surface area contributed by atoms with E-state index in [1.54, 1.807) is 6.92 Å². The summed E-state index contributed by atoms with van der Waals surface area (Å²) >= 11 is 0. The number of carbonyl (C=O) groups is 1. The van der Waals surface area contributed by atoms with E-state index in [-0.39, 0.29) is 11.9 Å². The van der Waals surface area contributed by atoms with E-state index in [1.165, 1.54) is 0 Å². The second-order valence-electron chi connectivity index (χ2n) is 5.29. The smallest absolute Gasteiger partial charge is 0.237 e. The SMILES string of the molecule is CC(C)COc1ccc(C(C)NC(=O)[C@@H](C)N)cc1. The summed E-state index contributed by atoms with van der Waals surface area (Å²) in [5.74, 6) is 1.21. The Morgan fingerprint density at radius 3 is 2.26 bits per heavy atom. The predicted molar refractivity (Wildman–Crippen MR) is 77.0 cm³/mol. The molecule has 0 fully saturated rings. The first-order valence-corrected chi connectivity index (χ1v) is 6.69. The van der Waals surface area contributed by atoms with E-state index in [2.05, 4.69) is 19.2 Å². The largest absolute Gasteiger partial charge is 0.493 e. The third-order valence-corrected chi connectivity index (χ3v) is 2.74. The Morgan fingerprint density at radius 2 is 1.79 bits per heavy atom. The quantitative estimate of drug-likeness (QED) is 0.828. The van der Waals surface area contributed by atoms with Gasteiger partial charge < -0.3 is 15.8 Å². The molecule has 0 saturated heterocycles. The van der Waals surface area contributed by atoms with Gasteiger partial charge in [0.25, 0.3) is 0 Å². The van der Waals surface area contributed by atoms with Crippen LogP contribution < -0.4 is 15.8 Å². The number of hydrogen-bond donors (Lipinski definition) is 2.